The molecule has 4 nitrogen and oxygen atoms in total. The van der Waals surface area contributed by atoms with Crippen molar-refractivity contribution in [3.8, 4) is 11.1 Å². The number of fused-ring (bicyclic) bond motifs is 1. The largest absolute Gasteiger partial charge is 0.326 e. The monoisotopic (exact) mass is 316 g/mol. The fourth-order valence-electron chi connectivity index (χ4n) is 3.09. The molecule has 4 heteroatoms. The second-order valence-corrected chi connectivity index (χ2v) is 6.41. The van der Waals surface area contributed by atoms with Crippen LogP contribution in [0.2, 0.25) is 0 Å². The van der Waals surface area contributed by atoms with Crippen LogP contribution in [0.4, 0.5) is 0 Å². The molecular formula is C20H20N4. The van der Waals surface area contributed by atoms with Crippen molar-refractivity contribution in [1.82, 2.24) is 19.3 Å². The highest BCUT2D eigenvalue weighted by Crippen LogP contribution is 2.24. The van der Waals surface area contributed by atoms with Gasteiger partial charge in [0.1, 0.15) is 0 Å². The predicted octanol–water partition coefficient (Wildman–Crippen LogP) is 4.10. The normalized spacial score (nSPS) is 11.3. The molecule has 0 saturated carbocycles. The molecule has 0 atom stereocenters. The van der Waals surface area contributed by atoms with Crippen molar-refractivity contribution in [3.63, 3.8) is 0 Å². The summed E-state index contributed by atoms with van der Waals surface area (Å²) in [7, 11) is 1.94. The van der Waals surface area contributed by atoms with Crippen LogP contribution in [0.5, 0.6) is 0 Å². The molecule has 2 heterocycles. The number of benzene rings is 2. The van der Waals surface area contributed by atoms with Crippen LogP contribution in [0.25, 0.3) is 22.2 Å². The summed E-state index contributed by atoms with van der Waals surface area (Å²) in [4.78, 5) is 4.55. The van der Waals surface area contributed by atoms with Gasteiger partial charge in [0, 0.05) is 25.4 Å². The van der Waals surface area contributed by atoms with Crippen LogP contribution < -0.4 is 0 Å². The highest BCUT2D eigenvalue weighted by Gasteiger charge is 2.08. The average Bonchev–Trinajstić information content (AvgIpc) is 3.17. The van der Waals surface area contributed by atoms with E-state index in [0.717, 1.165) is 23.1 Å². The summed E-state index contributed by atoms with van der Waals surface area (Å²) in [5.74, 6) is 0. The first kappa shape index (κ1) is 14.7. The number of hydrogen-bond acceptors (Lipinski definition) is 2. The zero-order valence-corrected chi connectivity index (χ0v) is 14.2. The molecule has 24 heavy (non-hydrogen) atoms. The Bertz CT molecular complexity index is 1020. The molecule has 2 aromatic heterocycles. The topological polar surface area (TPSA) is 35.6 Å². The second kappa shape index (κ2) is 5.64. The van der Waals surface area contributed by atoms with Crippen molar-refractivity contribution in [2.75, 3.05) is 0 Å². The lowest BCUT2D eigenvalue weighted by molar-refractivity contribution is 0.768. The first-order valence-corrected chi connectivity index (χ1v) is 8.10. The van der Waals surface area contributed by atoms with Gasteiger partial charge in [-0.15, -0.1) is 0 Å². The summed E-state index contributed by atoms with van der Waals surface area (Å²) < 4.78 is 4.05. The van der Waals surface area contributed by atoms with Crippen molar-refractivity contribution >= 4 is 11.0 Å². The molecule has 0 aliphatic rings. The van der Waals surface area contributed by atoms with E-state index in [0.29, 0.717) is 0 Å². The lowest BCUT2D eigenvalue weighted by Crippen LogP contribution is -2.00. The van der Waals surface area contributed by atoms with Gasteiger partial charge >= 0.3 is 0 Å². The fraction of sp³-hybridized carbons (Fsp3) is 0.200. The van der Waals surface area contributed by atoms with Gasteiger partial charge in [-0.2, -0.15) is 5.10 Å². The number of rotatable bonds is 3. The molecule has 4 rings (SSSR count). The molecule has 0 N–H and O–H groups in total. The average molecular weight is 316 g/mol. The summed E-state index contributed by atoms with van der Waals surface area (Å²) in [5, 5.41) is 4.27. The maximum atomic E-state index is 4.55. The van der Waals surface area contributed by atoms with Crippen LogP contribution in [-0.4, -0.2) is 19.3 Å². The Balaban J connectivity index is 1.77. The first-order valence-electron chi connectivity index (χ1n) is 8.10. The molecule has 2 aromatic carbocycles. The summed E-state index contributed by atoms with van der Waals surface area (Å²) >= 11 is 0. The summed E-state index contributed by atoms with van der Waals surface area (Å²) in [5.41, 5.74) is 8.39. The van der Waals surface area contributed by atoms with Gasteiger partial charge in [-0.3, -0.25) is 4.68 Å². The number of imidazole rings is 1. The molecule has 0 amide bonds. The van der Waals surface area contributed by atoms with Crippen LogP contribution in [0, 0.1) is 13.8 Å². The predicted molar refractivity (Wildman–Crippen MR) is 97.0 cm³/mol. The molecule has 4 aromatic rings. The Labute approximate surface area is 141 Å². The summed E-state index contributed by atoms with van der Waals surface area (Å²) in [6, 6.07) is 13.0. The van der Waals surface area contributed by atoms with Gasteiger partial charge < -0.3 is 4.57 Å². The van der Waals surface area contributed by atoms with E-state index in [-0.39, 0.29) is 0 Å². The highest BCUT2D eigenvalue weighted by molar-refractivity contribution is 5.82. The summed E-state index contributed by atoms with van der Waals surface area (Å²) in [6.45, 7) is 5.13. The van der Waals surface area contributed by atoms with E-state index in [2.05, 4.69) is 64.9 Å². The Hall–Kier alpha value is -2.88. The third-order valence-electron chi connectivity index (χ3n) is 4.50. The minimum absolute atomic E-state index is 0.834. The minimum atomic E-state index is 0.834. The number of nitrogens with zero attached hydrogens (tertiary/aromatic N) is 4. The van der Waals surface area contributed by atoms with Crippen LogP contribution in [0.3, 0.4) is 0 Å². The SMILES string of the molecule is Cc1ccc(C)c(Cn2cnc3ccc(-c4cnn(C)c4)cc32)c1. The van der Waals surface area contributed by atoms with Gasteiger partial charge in [-0.1, -0.05) is 29.8 Å². The second-order valence-electron chi connectivity index (χ2n) is 6.41. The third-order valence-corrected chi connectivity index (χ3v) is 4.50. The number of aromatic nitrogens is 4. The summed E-state index contributed by atoms with van der Waals surface area (Å²) in [6.07, 6.45) is 5.86. The quantitative estimate of drug-likeness (QED) is 0.570. The third kappa shape index (κ3) is 2.60. The molecule has 0 aliphatic heterocycles. The van der Waals surface area contributed by atoms with Gasteiger partial charge in [0.25, 0.3) is 0 Å². The Morgan fingerprint density at radius 1 is 1.00 bits per heavy atom. The van der Waals surface area contributed by atoms with Gasteiger partial charge in [-0.25, -0.2) is 4.98 Å². The van der Waals surface area contributed by atoms with Crippen LogP contribution in [0.15, 0.2) is 55.1 Å². The van der Waals surface area contributed by atoms with E-state index in [1.165, 1.54) is 22.3 Å². The molecule has 0 radical (unpaired) electrons. The molecule has 0 fully saturated rings. The minimum Gasteiger partial charge on any atom is -0.326 e. The van der Waals surface area contributed by atoms with E-state index >= 15 is 0 Å². The van der Waals surface area contributed by atoms with Crippen molar-refractivity contribution in [2.24, 2.45) is 7.05 Å². The van der Waals surface area contributed by atoms with Crippen molar-refractivity contribution in [3.05, 3.63) is 71.8 Å². The highest BCUT2D eigenvalue weighted by atomic mass is 15.2. The van der Waals surface area contributed by atoms with Crippen molar-refractivity contribution in [1.29, 1.82) is 0 Å². The number of hydrogen-bond donors (Lipinski definition) is 0. The number of aryl methyl sites for hydroxylation is 3. The van der Waals surface area contributed by atoms with E-state index in [9.17, 15) is 0 Å². The van der Waals surface area contributed by atoms with Crippen molar-refractivity contribution in [2.45, 2.75) is 20.4 Å². The van der Waals surface area contributed by atoms with Crippen LogP contribution in [-0.2, 0) is 13.6 Å². The van der Waals surface area contributed by atoms with Crippen LogP contribution >= 0.6 is 0 Å². The van der Waals surface area contributed by atoms with Gasteiger partial charge in [0.2, 0.25) is 0 Å². The van der Waals surface area contributed by atoms with E-state index in [4.69, 9.17) is 0 Å². The maximum Gasteiger partial charge on any atom is 0.0961 e. The molecule has 120 valence electrons. The Morgan fingerprint density at radius 2 is 1.88 bits per heavy atom. The molecule has 0 unspecified atom stereocenters. The standard InChI is InChI=1S/C20H20N4/c1-14-4-5-15(2)17(8-14)12-24-13-21-19-7-6-16(9-20(19)24)18-10-22-23(3)11-18/h4-11,13H,12H2,1-3H3. The lowest BCUT2D eigenvalue weighted by atomic mass is 10.1. The maximum absolute atomic E-state index is 4.55. The molecule has 0 spiro atoms. The lowest BCUT2D eigenvalue weighted by Gasteiger charge is -2.09. The van der Waals surface area contributed by atoms with Crippen molar-refractivity contribution < 1.29 is 0 Å². The van der Waals surface area contributed by atoms with Gasteiger partial charge in [-0.05, 0) is 42.7 Å². The van der Waals surface area contributed by atoms with Crippen LogP contribution in [0.1, 0.15) is 16.7 Å². The smallest absolute Gasteiger partial charge is 0.0961 e. The zero-order valence-electron chi connectivity index (χ0n) is 14.2. The first-order chi connectivity index (χ1) is 11.6. The molecule has 0 bridgehead atoms. The van der Waals surface area contributed by atoms with Gasteiger partial charge in [0.05, 0.1) is 23.6 Å². The fourth-order valence-corrected chi connectivity index (χ4v) is 3.09. The van der Waals surface area contributed by atoms with E-state index in [1.54, 1.807) is 0 Å². The Morgan fingerprint density at radius 3 is 2.67 bits per heavy atom. The zero-order chi connectivity index (χ0) is 16.7. The Kier molecular flexibility index (Phi) is 3.45. The van der Waals surface area contributed by atoms with E-state index in [1.807, 2.05) is 30.5 Å². The molecular weight excluding hydrogens is 296 g/mol. The van der Waals surface area contributed by atoms with E-state index < -0.39 is 0 Å². The molecule has 0 aliphatic carbocycles. The van der Waals surface area contributed by atoms with Gasteiger partial charge in [0.15, 0.2) is 0 Å². The molecule has 0 saturated heterocycles.